The van der Waals surface area contributed by atoms with E-state index in [4.69, 9.17) is 9.26 Å². The van der Waals surface area contributed by atoms with Crippen LogP contribution in [0.1, 0.15) is 48.1 Å². The van der Waals surface area contributed by atoms with Gasteiger partial charge in [-0.05, 0) is 56.5 Å². The maximum Gasteiger partial charge on any atom is 0.244 e. The molecule has 1 aromatic carbocycles. The second-order valence-corrected chi connectivity index (χ2v) is 7.12. The molecule has 3 rings (SSSR count). The minimum atomic E-state index is -0.0238. The van der Waals surface area contributed by atoms with Crippen LogP contribution in [0.5, 0.6) is 0 Å². The fourth-order valence-corrected chi connectivity index (χ4v) is 3.36. The number of nitrogens with one attached hydrogen (secondary N) is 1. The number of carbonyl (C=O) groups is 1. The molecule has 1 N–H and O–H groups in total. The molecule has 0 radical (unpaired) electrons. The lowest BCUT2D eigenvalue weighted by Crippen LogP contribution is -2.39. The van der Waals surface area contributed by atoms with Crippen molar-refractivity contribution in [2.24, 2.45) is 0 Å². The maximum absolute atomic E-state index is 12.6. The number of aryl methyl sites for hydroxylation is 2. The normalized spacial score (nSPS) is 17.8. The third-order valence-electron chi connectivity index (χ3n) is 5.05. The average molecular weight is 372 g/mol. The summed E-state index contributed by atoms with van der Waals surface area (Å²) in [5.74, 6) is 1.22. The number of aromatic nitrogens is 2. The van der Waals surface area contributed by atoms with Gasteiger partial charge < -0.3 is 14.6 Å². The fraction of sp³-hybridized carbons (Fsp3) is 0.550. The van der Waals surface area contributed by atoms with Gasteiger partial charge in [0.25, 0.3) is 0 Å². The number of methoxy groups -OCH3 is 1. The van der Waals surface area contributed by atoms with E-state index < -0.39 is 0 Å². The summed E-state index contributed by atoms with van der Waals surface area (Å²) in [6, 6.07) is 5.96. The lowest BCUT2D eigenvalue weighted by Gasteiger charge is -2.32. The topological polar surface area (TPSA) is 80.5 Å². The predicted octanol–water partition coefficient (Wildman–Crippen LogP) is 3.04. The van der Waals surface area contributed by atoms with Crippen LogP contribution in [0.4, 0.5) is 5.69 Å². The Hall–Kier alpha value is -2.25. The molecule has 1 aliphatic rings. The number of anilines is 1. The first-order valence-electron chi connectivity index (χ1n) is 9.49. The van der Waals surface area contributed by atoms with Crippen LogP contribution in [0, 0.1) is 13.8 Å². The van der Waals surface area contributed by atoms with Crippen molar-refractivity contribution in [1.29, 1.82) is 0 Å². The Bertz CT molecular complexity index is 774. The molecule has 0 saturated carbocycles. The number of benzene rings is 1. The molecule has 7 heteroatoms. The van der Waals surface area contributed by atoms with Crippen LogP contribution in [0.25, 0.3) is 0 Å². The van der Waals surface area contributed by atoms with Crippen molar-refractivity contribution < 1.29 is 14.1 Å². The third-order valence-corrected chi connectivity index (χ3v) is 5.05. The molecule has 27 heavy (non-hydrogen) atoms. The van der Waals surface area contributed by atoms with Crippen molar-refractivity contribution in [2.75, 3.05) is 32.1 Å². The second-order valence-electron chi connectivity index (χ2n) is 7.12. The molecule has 1 saturated heterocycles. The number of likely N-dealkylation sites (tertiary alicyclic amines) is 1. The summed E-state index contributed by atoms with van der Waals surface area (Å²) in [6.07, 6.45) is 3.70. The summed E-state index contributed by atoms with van der Waals surface area (Å²) in [7, 11) is 1.65. The van der Waals surface area contributed by atoms with Crippen LogP contribution >= 0.6 is 0 Å². The molecule has 1 atom stereocenters. The first-order chi connectivity index (χ1) is 13.1. The van der Waals surface area contributed by atoms with E-state index in [1.807, 2.05) is 25.1 Å². The SMILES string of the molecule is COCCc1noc([C@@H]2CCCCN2CC(=O)Nc2ccc(C)c(C)c2)n1. The number of nitrogens with zero attached hydrogens (tertiary/aromatic N) is 3. The first-order valence-corrected chi connectivity index (χ1v) is 9.49. The van der Waals surface area contributed by atoms with E-state index >= 15 is 0 Å². The molecule has 0 bridgehead atoms. The number of piperidine rings is 1. The van der Waals surface area contributed by atoms with Crippen molar-refractivity contribution in [3.05, 3.63) is 41.0 Å². The second kappa shape index (κ2) is 9.10. The number of hydrogen-bond donors (Lipinski definition) is 1. The standard InChI is InChI=1S/C20H28N4O3/c1-14-7-8-16(12-15(14)2)21-19(25)13-24-10-5-4-6-17(24)20-22-18(23-27-20)9-11-26-3/h7-8,12,17H,4-6,9-11,13H2,1-3H3,(H,21,25)/t17-/m0/s1. The molecule has 2 aromatic rings. The maximum atomic E-state index is 12.6. The predicted molar refractivity (Wildman–Crippen MR) is 103 cm³/mol. The Balaban J connectivity index is 1.63. The number of amides is 1. The van der Waals surface area contributed by atoms with E-state index in [0.717, 1.165) is 37.1 Å². The van der Waals surface area contributed by atoms with Gasteiger partial charge in [-0.15, -0.1) is 0 Å². The van der Waals surface area contributed by atoms with Crippen LogP contribution in [0.2, 0.25) is 0 Å². The lowest BCUT2D eigenvalue weighted by atomic mass is 10.0. The molecule has 0 spiro atoms. The number of hydrogen-bond acceptors (Lipinski definition) is 6. The number of ether oxygens (including phenoxy) is 1. The molecular formula is C20H28N4O3. The zero-order valence-electron chi connectivity index (χ0n) is 16.3. The highest BCUT2D eigenvalue weighted by molar-refractivity contribution is 5.92. The summed E-state index contributed by atoms with van der Waals surface area (Å²) in [6.45, 7) is 5.83. The molecule has 1 fully saturated rings. The fourth-order valence-electron chi connectivity index (χ4n) is 3.36. The summed E-state index contributed by atoms with van der Waals surface area (Å²) in [4.78, 5) is 19.2. The van der Waals surface area contributed by atoms with Gasteiger partial charge in [0.1, 0.15) is 0 Å². The zero-order chi connectivity index (χ0) is 19.2. The van der Waals surface area contributed by atoms with Gasteiger partial charge in [0.15, 0.2) is 5.82 Å². The molecule has 1 aromatic heterocycles. The highest BCUT2D eigenvalue weighted by Gasteiger charge is 2.30. The molecule has 2 heterocycles. The Labute approximate surface area is 160 Å². The minimum Gasteiger partial charge on any atom is -0.384 e. The van der Waals surface area contributed by atoms with Gasteiger partial charge in [0.05, 0.1) is 19.2 Å². The first kappa shape index (κ1) is 19.5. The highest BCUT2D eigenvalue weighted by Crippen LogP contribution is 2.29. The van der Waals surface area contributed by atoms with Crippen molar-refractivity contribution in [3.63, 3.8) is 0 Å². The van der Waals surface area contributed by atoms with Gasteiger partial charge in [-0.2, -0.15) is 4.98 Å². The van der Waals surface area contributed by atoms with E-state index in [1.54, 1.807) is 7.11 Å². The summed E-state index contributed by atoms with van der Waals surface area (Å²) >= 11 is 0. The van der Waals surface area contributed by atoms with Crippen LogP contribution in [0.15, 0.2) is 22.7 Å². The largest absolute Gasteiger partial charge is 0.384 e. The van der Waals surface area contributed by atoms with Crippen molar-refractivity contribution in [2.45, 2.75) is 45.6 Å². The van der Waals surface area contributed by atoms with Crippen molar-refractivity contribution in [3.8, 4) is 0 Å². The van der Waals surface area contributed by atoms with Gasteiger partial charge in [-0.25, -0.2) is 0 Å². The van der Waals surface area contributed by atoms with Gasteiger partial charge in [-0.1, -0.05) is 17.6 Å². The Morgan fingerprint density at radius 1 is 1.33 bits per heavy atom. The molecule has 1 amide bonds. The van der Waals surface area contributed by atoms with Crippen molar-refractivity contribution in [1.82, 2.24) is 15.0 Å². The van der Waals surface area contributed by atoms with Gasteiger partial charge in [0, 0.05) is 19.2 Å². The summed E-state index contributed by atoms with van der Waals surface area (Å²) < 4.78 is 10.5. The van der Waals surface area contributed by atoms with E-state index in [0.29, 0.717) is 31.3 Å². The summed E-state index contributed by atoms with van der Waals surface area (Å²) in [5, 5.41) is 7.03. The van der Waals surface area contributed by atoms with Crippen molar-refractivity contribution >= 4 is 11.6 Å². The van der Waals surface area contributed by atoms with Gasteiger partial charge in [0.2, 0.25) is 11.8 Å². The van der Waals surface area contributed by atoms with Crippen LogP contribution in [0.3, 0.4) is 0 Å². The smallest absolute Gasteiger partial charge is 0.244 e. The average Bonchev–Trinajstić information content (AvgIpc) is 3.12. The van der Waals surface area contributed by atoms with E-state index in [2.05, 4.69) is 27.3 Å². The van der Waals surface area contributed by atoms with E-state index in [-0.39, 0.29) is 11.9 Å². The van der Waals surface area contributed by atoms with E-state index in [9.17, 15) is 4.79 Å². The molecule has 0 unspecified atom stereocenters. The Morgan fingerprint density at radius 2 is 2.19 bits per heavy atom. The zero-order valence-corrected chi connectivity index (χ0v) is 16.3. The van der Waals surface area contributed by atoms with E-state index in [1.165, 1.54) is 5.56 Å². The lowest BCUT2D eigenvalue weighted by molar-refractivity contribution is -0.118. The number of carbonyl (C=O) groups excluding carboxylic acids is 1. The quantitative estimate of drug-likeness (QED) is 0.805. The number of rotatable bonds is 7. The van der Waals surface area contributed by atoms with Crippen LogP contribution in [-0.4, -0.2) is 47.8 Å². The molecule has 0 aliphatic carbocycles. The monoisotopic (exact) mass is 372 g/mol. The Kier molecular flexibility index (Phi) is 6.58. The highest BCUT2D eigenvalue weighted by atomic mass is 16.5. The van der Waals surface area contributed by atoms with Crippen LogP contribution < -0.4 is 5.32 Å². The third kappa shape index (κ3) is 5.14. The van der Waals surface area contributed by atoms with Gasteiger partial charge >= 0.3 is 0 Å². The summed E-state index contributed by atoms with van der Waals surface area (Å²) in [5.41, 5.74) is 3.21. The van der Waals surface area contributed by atoms with Gasteiger partial charge in [-0.3, -0.25) is 9.69 Å². The molecular weight excluding hydrogens is 344 g/mol. The Morgan fingerprint density at radius 3 is 2.96 bits per heavy atom. The molecule has 146 valence electrons. The molecule has 1 aliphatic heterocycles. The molecule has 7 nitrogen and oxygen atoms in total. The van der Waals surface area contributed by atoms with Crippen LogP contribution in [-0.2, 0) is 16.0 Å². The minimum absolute atomic E-state index is 0.00644.